The van der Waals surface area contributed by atoms with Crippen LogP contribution in [0.3, 0.4) is 0 Å². The standard InChI is InChI=1S/C10H11ClO2S2/c1-2-14-9-5-7(11)3-4-8(9)15-6-10(12)13/h3-5H,2,6H2,1H3,(H,12,13). The van der Waals surface area contributed by atoms with Gasteiger partial charge in [-0.15, -0.1) is 23.5 Å². The first-order valence-corrected chi connectivity index (χ1v) is 6.75. The van der Waals surface area contributed by atoms with Gasteiger partial charge >= 0.3 is 5.97 Å². The maximum Gasteiger partial charge on any atom is 0.313 e. The summed E-state index contributed by atoms with van der Waals surface area (Å²) in [5, 5.41) is 9.28. The van der Waals surface area contributed by atoms with Crippen LogP contribution in [0, 0.1) is 0 Å². The molecule has 1 N–H and O–H groups in total. The summed E-state index contributed by atoms with van der Waals surface area (Å²) in [5.41, 5.74) is 0. The van der Waals surface area contributed by atoms with Gasteiger partial charge in [-0.3, -0.25) is 4.79 Å². The molecule has 0 aliphatic rings. The van der Waals surface area contributed by atoms with Gasteiger partial charge in [0, 0.05) is 14.8 Å². The molecule has 15 heavy (non-hydrogen) atoms. The SMILES string of the molecule is CCSc1cc(Cl)ccc1SCC(=O)O. The van der Waals surface area contributed by atoms with Crippen molar-refractivity contribution in [1.82, 2.24) is 0 Å². The Morgan fingerprint density at radius 1 is 1.40 bits per heavy atom. The minimum Gasteiger partial charge on any atom is -0.481 e. The van der Waals surface area contributed by atoms with E-state index in [1.807, 2.05) is 12.1 Å². The van der Waals surface area contributed by atoms with Crippen LogP contribution < -0.4 is 0 Å². The summed E-state index contributed by atoms with van der Waals surface area (Å²) < 4.78 is 0. The second kappa shape index (κ2) is 6.30. The Hall–Kier alpha value is -0.320. The molecule has 2 nitrogen and oxygen atoms in total. The Labute approximate surface area is 102 Å². The maximum absolute atomic E-state index is 10.5. The van der Waals surface area contributed by atoms with E-state index in [-0.39, 0.29) is 5.75 Å². The second-order valence-corrected chi connectivity index (χ2v) is 5.47. The highest BCUT2D eigenvalue weighted by Gasteiger charge is 2.06. The molecule has 0 unspecified atom stereocenters. The van der Waals surface area contributed by atoms with Crippen LogP contribution in [0.25, 0.3) is 0 Å². The zero-order chi connectivity index (χ0) is 11.3. The average molecular weight is 263 g/mol. The fourth-order valence-electron chi connectivity index (χ4n) is 1.01. The first kappa shape index (κ1) is 12.7. The minimum atomic E-state index is -0.803. The van der Waals surface area contributed by atoms with Crippen molar-refractivity contribution in [3.8, 4) is 0 Å². The van der Waals surface area contributed by atoms with Gasteiger partial charge in [-0.25, -0.2) is 0 Å². The van der Waals surface area contributed by atoms with Gasteiger partial charge in [0.05, 0.1) is 5.75 Å². The maximum atomic E-state index is 10.5. The van der Waals surface area contributed by atoms with Crippen LogP contribution in [0.4, 0.5) is 0 Å². The average Bonchev–Trinajstić information content (AvgIpc) is 2.17. The number of halogens is 1. The van der Waals surface area contributed by atoms with Crippen molar-refractivity contribution in [2.45, 2.75) is 16.7 Å². The normalized spacial score (nSPS) is 10.3. The Bertz CT molecular complexity index is 355. The lowest BCUT2D eigenvalue weighted by molar-refractivity contribution is -0.133. The van der Waals surface area contributed by atoms with E-state index in [1.54, 1.807) is 17.8 Å². The summed E-state index contributed by atoms with van der Waals surface area (Å²) in [6, 6.07) is 5.53. The van der Waals surface area contributed by atoms with Crippen LogP contribution in [0.1, 0.15) is 6.92 Å². The van der Waals surface area contributed by atoms with E-state index < -0.39 is 5.97 Å². The first-order chi connectivity index (χ1) is 7.13. The van der Waals surface area contributed by atoms with Gasteiger partial charge in [-0.2, -0.15) is 0 Å². The van der Waals surface area contributed by atoms with E-state index in [0.29, 0.717) is 5.02 Å². The number of carboxylic acids is 1. The lowest BCUT2D eigenvalue weighted by atomic mass is 10.4. The fraction of sp³-hybridized carbons (Fsp3) is 0.300. The monoisotopic (exact) mass is 262 g/mol. The van der Waals surface area contributed by atoms with Gasteiger partial charge in [0.15, 0.2) is 0 Å². The molecule has 0 saturated heterocycles. The van der Waals surface area contributed by atoms with Crippen molar-refractivity contribution in [3.05, 3.63) is 23.2 Å². The molecular weight excluding hydrogens is 252 g/mol. The lowest BCUT2D eigenvalue weighted by Crippen LogP contribution is -1.97. The molecule has 0 bridgehead atoms. The highest BCUT2D eigenvalue weighted by atomic mass is 35.5. The summed E-state index contributed by atoms with van der Waals surface area (Å²) in [4.78, 5) is 12.5. The second-order valence-electron chi connectivity index (χ2n) is 2.71. The van der Waals surface area contributed by atoms with E-state index in [1.165, 1.54) is 11.8 Å². The molecular formula is C10H11ClO2S2. The van der Waals surface area contributed by atoms with Gasteiger partial charge in [0.2, 0.25) is 0 Å². The molecule has 1 rings (SSSR count). The molecule has 1 aromatic carbocycles. The van der Waals surface area contributed by atoms with Gasteiger partial charge in [-0.05, 0) is 24.0 Å². The largest absolute Gasteiger partial charge is 0.481 e. The minimum absolute atomic E-state index is 0.0822. The molecule has 0 aromatic heterocycles. The first-order valence-electron chi connectivity index (χ1n) is 4.40. The molecule has 0 spiro atoms. The van der Waals surface area contributed by atoms with Gasteiger partial charge in [0.1, 0.15) is 0 Å². The molecule has 0 amide bonds. The molecule has 82 valence electrons. The quantitative estimate of drug-likeness (QED) is 0.823. The van der Waals surface area contributed by atoms with Crippen molar-refractivity contribution < 1.29 is 9.90 Å². The number of hydrogen-bond acceptors (Lipinski definition) is 3. The smallest absolute Gasteiger partial charge is 0.313 e. The van der Waals surface area contributed by atoms with Crippen LogP contribution in [-0.4, -0.2) is 22.6 Å². The van der Waals surface area contributed by atoms with Crippen molar-refractivity contribution in [1.29, 1.82) is 0 Å². The van der Waals surface area contributed by atoms with Crippen molar-refractivity contribution in [2.75, 3.05) is 11.5 Å². The molecule has 0 atom stereocenters. The summed E-state index contributed by atoms with van der Waals surface area (Å²) >= 11 is 8.87. The van der Waals surface area contributed by atoms with Crippen LogP contribution in [0.15, 0.2) is 28.0 Å². The summed E-state index contributed by atoms with van der Waals surface area (Å²) in [6.07, 6.45) is 0. The zero-order valence-electron chi connectivity index (χ0n) is 8.20. The number of rotatable bonds is 5. The molecule has 0 radical (unpaired) electrons. The molecule has 5 heteroatoms. The predicted octanol–water partition coefficient (Wildman–Crippen LogP) is 3.63. The van der Waals surface area contributed by atoms with Gasteiger partial charge in [-0.1, -0.05) is 18.5 Å². The van der Waals surface area contributed by atoms with E-state index in [9.17, 15) is 4.79 Å². The number of thioether (sulfide) groups is 2. The summed E-state index contributed by atoms with van der Waals surface area (Å²) in [6.45, 7) is 2.05. The highest BCUT2D eigenvalue weighted by Crippen LogP contribution is 2.32. The highest BCUT2D eigenvalue weighted by molar-refractivity contribution is 8.02. The zero-order valence-corrected chi connectivity index (χ0v) is 10.6. The number of benzene rings is 1. The summed E-state index contributed by atoms with van der Waals surface area (Å²) in [7, 11) is 0. The van der Waals surface area contributed by atoms with Crippen molar-refractivity contribution in [3.63, 3.8) is 0 Å². The van der Waals surface area contributed by atoms with Gasteiger partial charge < -0.3 is 5.11 Å². The molecule has 0 saturated carbocycles. The van der Waals surface area contributed by atoms with Crippen LogP contribution in [0.2, 0.25) is 5.02 Å². The Morgan fingerprint density at radius 3 is 2.73 bits per heavy atom. The topological polar surface area (TPSA) is 37.3 Å². The van der Waals surface area contributed by atoms with Crippen molar-refractivity contribution in [2.24, 2.45) is 0 Å². The molecule has 1 aromatic rings. The molecule has 0 aliphatic heterocycles. The van der Waals surface area contributed by atoms with Crippen molar-refractivity contribution >= 4 is 41.1 Å². The number of carbonyl (C=O) groups is 1. The number of hydrogen-bond donors (Lipinski definition) is 1. The van der Waals surface area contributed by atoms with E-state index in [0.717, 1.165) is 15.5 Å². The van der Waals surface area contributed by atoms with Gasteiger partial charge in [0.25, 0.3) is 0 Å². The Morgan fingerprint density at radius 2 is 2.13 bits per heavy atom. The molecule has 0 fully saturated rings. The number of aliphatic carboxylic acids is 1. The summed E-state index contributed by atoms with van der Waals surface area (Å²) in [5.74, 6) is 0.224. The molecule has 0 heterocycles. The number of carboxylic acid groups (broad SMARTS) is 1. The van der Waals surface area contributed by atoms with Crippen LogP contribution in [0.5, 0.6) is 0 Å². The third-order valence-electron chi connectivity index (χ3n) is 1.56. The van der Waals surface area contributed by atoms with Crippen LogP contribution >= 0.6 is 35.1 Å². The predicted molar refractivity (Wildman–Crippen MR) is 66.2 cm³/mol. The fourth-order valence-corrected chi connectivity index (χ4v) is 2.98. The van der Waals surface area contributed by atoms with E-state index in [4.69, 9.17) is 16.7 Å². The van der Waals surface area contributed by atoms with E-state index >= 15 is 0 Å². The van der Waals surface area contributed by atoms with Crippen LogP contribution in [-0.2, 0) is 4.79 Å². The third-order valence-corrected chi connectivity index (χ3v) is 3.92. The van der Waals surface area contributed by atoms with E-state index in [2.05, 4.69) is 6.92 Å². The lowest BCUT2D eigenvalue weighted by Gasteiger charge is -2.06. The molecule has 0 aliphatic carbocycles. The Kier molecular flexibility index (Phi) is 5.36. The Balaban J connectivity index is 2.80. The third kappa shape index (κ3) is 4.36.